The van der Waals surface area contributed by atoms with E-state index in [4.69, 9.17) is 4.74 Å². The van der Waals surface area contributed by atoms with E-state index in [0.29, 0.717) is 38.3 Å². The first kappa shape index (κ1) is 20.4. The molecule has 1 fully saturated rings. The minimum atomic E-state index is -0.127. The lowest BCUT2D eigenvalue weighted by Crippen LogP contribution is -2.41. The highest BCUT2D eigenvalue weighted by atomic mass is 16.5. The summed E-state index contributed by atoms with van der Waals surface area (Å²) in [6.07, 6.45) is 6.61. The van der Waals surface area contributed by atoms with Gasteiger partial charge in [-0.25, -0.2) is 4.98 Å². The van der Waals surface area contributed by atoms with Gasteiger partial charge in [0.2, 0.25) is 5.91 Å². The highest BCUT2D eigenvalue weighted by Gasteiger charge is 2.33. The smallest absolute Gasteiger partial charge is 0.274 e. The summed E-state index contributed by atoms with van der Waals surface area (Å²) in [4.78, 5) is 37.4. The van der Waals surface area contributed by atoms with Crippen molar-refractivity contribution in [1.29, 1.82) is 0 Å². The Morgan fingerprint density at radius 2 is 1.97 bits per heavy atom. The first-order chi connectivity index (χ1) is 14.6. The van der Waals surface area contributed by atoms with Gasteiger partial charge in [-0.1, -0.05) is 0 Å². The van der Waals surface area contributed by atoms with Gasteiger partial charge in [-0.3, -0.25) is 14.6 Å². The second-order valence-corrected chi connectivity index (χ2v) is 7.74. The second kappa shape index (κ2) is 8.86. The third-order valence-corrected chi connectivity index (χ3v) is 5.73. The van der Waals surface area contributed by atoms with Gasteiger partial charge < -0.3 is 19.1 Å². The van der Waals surface area contributed by atoms with E-state index in [1.165, 1.54) is 13.3 Å². The van der Waals surface area contributed by atoms with Gasteiger partial charge in [-0.05, 0) is 26.2 Å². The molecular formula is C20H27N7O3. The van der Waals surface area contributed by atoms with Crippen molar-refractivity contribution in [3.8, 4) is 0 Å². The van der Waals surface area contributed by atoms with Gasteiger partial charge in [-0.15, -0.1) is 10.2 Å². The fourth-order valence-electron chi connectivity index (χ4n) is 4.16. The van der Waals surface area contributed by atoms with Crippen molar-refractivity contribution >= 4 is 11.8 Å². The van der Waals surface area contributed by atoms with Crippen molar-refractivity contribution in [2.75, 3.05) is 33.4 Å². The van der Waals surface area contributed by atoms with Gasteiger partial charge >= 0.3 is 0 Å². The number of aryl methyl sites for hydroxylation is 1. The first-order valence-electron chi connectivity index (χ1n) is 10.4. The lowest BCUT2D eigenvalue weighted by atomic mass is 10.0. The Morgan fingerprint density at radius 3 is 2.73 bits per heavy atom. The fraction of sp³-hybridized carbons (Fsp3) is 0.600. The number of aromatic nitrogens is 5. The average molecular weight is 413 g/mol. The van der Waals surface area contributed by atoms with Crippen LogP contribution >= 0.6 is 0 Å². The summed E-state index contributed by atoms with van der Waals surface area (Å²) < 4.78 is 7.14. The molecule has 2 aromatic heterocycles. The Labute approximate surface area is 175 Å². The fourth-order valence-corrected chi connectivity index (χ4v) is 4.16. The zero-order valence-corrected chi connectivity index (χ0v) is 17.5. The van der Waals surface area contributed by atoms with E-state index >= 15 is 0 Å². The summed E-state index contributed by atoms with van der Waals surface area (Å²) >= 11 is 0. The van der Waals surface area contributed by atoms with Crippen molar-refractivity contribution in [2.24, 2.45) is 0 Å². The lowest BCUT2D eigenvalue weighted by molar-refractivity contribution is -0.139. The number of hydrogen-bond acceptors (Lipinski definition) is 7. The summed E-state index contributed by atoms with van der Waals surface area (Å²) in [6, 6.07) is -0.104. The summed E-state index contributed by atoms with van der Waals surface area (Å²) in [5.41, 5.74) is 1.13. The molecule has 2 aromatic rings. The zero-order chi connectivity index (χ0) is 21.1. The van der Waals surface area contributed by atoms with E-state index in [0.717, 1.165) is 36.6 Å². The number of nitrogens with zero attached hydrogens (tertiary/aromatic N) is 7. The number of fused-ring (bicyclic) bond motifs is 1. The molecule has 2 amide bonds. The van der Waals surface area contributed by atoms with E-state index in [2.05, 4.69) is 24.7 Å². The normalized spacial score (nSPS) is 19.3. The first-order valence-corrected chi connectivity index (χ1v) is 10.4. The van der Waals surface area contributed by atoms with Crippen LogP contribution in [0.3, 0.4) is 0 Å². The van der Waals surface area contributed by atoms with E-state index in [1.54, 1.807) is 11.1 Å². The average Bonchev–Trinajstić information content (AvgIpc) is 3.05. The van der Waals surface area contributed by atoms with Crippen LogP contribution in [0.5, 0.6) is 0 Å². The van der Waals surface area contributed by atoms with Gasteiger partial charge in [0.05, 0.1) is 17.9 Å². The standard InChI is InChI=1S/C20H27N7O3/c1-14-11-22-15(12-21-14)20(29)25-8-6-17-23-24-19(27(17)10-9-25)16-5-3-4-7-26(16)18(28)13-30-2/h11-12,16H,3-10,13H2,1-2H3. The van der Waals surface area contributed by atoms with Crippen molar-refractivity contribution in [3.63, 3.8) is 0 Å². The molecule has 1 unspecified atom stereocenters. The molecule has 0 aliphatic carbocycles. The predicted molar refractivity (Wildman–Crippen MR) is 107 cm³/mol. The van der Waals surface area contributed by atoms with Crippen molar-refractivity contribution < 1.29 is 14.3 Å². The molecule has 10 heteroatoms. The molecule has 0 bridgehead atoms. The van der Waals surface area contributed by atoms with Crippen molar-refractivity contribution in [2.45, 2.75) is 45.2 Å². The summed E-state index contributed by atoms with van der Waals surface area (Å²) in [7, 11) is 1.53. The molecule has 10 nitrogen and oxygen atoms in total. The van der Waals surface area contributed by atoms with E-state index in [-0.39, 0.29) is 24.5 Å². The molecule has 1 atom stereocenters. The number of carbonyl (C=O) groups is 2. The maximum atomic E-state index is 12.8. The molecule has 0 saturated carbocycles. The summed E-state index contributed by atoms with van der Waals surface area (Å²) in [5, 5.41) is 8.83. The third-order valence-electron chi connectivity index (χ3n) is 5.73. The number of piperidine rings is 1. The molecular weight excluding hydrogens is 386 g/mol. The SMILES string of the molecule is COCC(=O)N1CCCCC1c1nnc2n1CCN(C(=O)c1cnc(C)cn1)CC2. The van der Waals surface area contributed by atoms with Crippen LogP contribution in [0.2, 0.25) is 0 Å². The molecule has 30 heavy (non-hydrogen) atoms. The molecule has 4 rings (SSSR count). The van der Waals surface area contributed by atoms with Crippen molar-refractivity contribution in [1.82, 2.24) is 34.5 Å². The van der Waals surface area contributed by atoms with Gasteiger partial charge in [-0.2, -0.15) is 0 Å². The second-order valence-electron chi connectivity index (χ2n) is 7.74. The quantitative estimate of drug-likeness (QED) is 0.729. The summed E-state index contributed by atoms with van der Waals surface area (Å²) in [6.45, 7) is 4.27. The van der Waals surface area contributed by atoms with Crippen LogP contribution in [0.1, 0.15) is 53.1 Å². The highest BCUT2D eigenvalue weighted by Crippen LogP contribution is 2.31. The van der Waals surface area contributed by atoms with E-state index in [1.807, 2.05) is 11.8 Å². The number of amides is 2. The molecule has 0 radical (unpaired) electrons. The number of methoxy groups -OCH3 is 1. The summed E-state index contributed by atoms with van der Waals surface area (Å²) in [5.74, 6) is 1.50. The van der Waals surface area contributed by atoms with Crippen LogP contribution in [0.15, 0.2) is 12.4 Å². The maximum Gasteiger partial charge on any atom is 0.274 e. The minimum absolute atomic E-state index is 0.0251. The Kier molecular flexibility index (Phi) is 6.03. The van der Waals surface area contributed by atoms with Crippen LogP contribution < -0.4 is 0 Å². The monoisotopic (exact) mass is 413 g/mol. The molecule has 0 spiro atoms. The lowest BCUT2D eigenvalue weighted by Gasteiger charge is -2.35. The maximum absolute atomic E-state index is 12.8. The van der Waals surface area contributed by atoms with Crippen LogP contribution in [-0.2, 0) is 22.5 Å². The van der Waals surface area contributed by atoms with Gasteiger partial charge in [0.25, 0.3) is 5.91 Å². The zero-order valence-electron chi connectivity index (χ0n) is 17.5. The largest absolute Gasteiger partial charge is 0.375 e. The van der Waals surface area contributed by atoms with Crippen LogP contribution in [0, 0.1) is 6.92 Å². The predicted octanol–water partition coefficient (Wildman–Crippen LogP) is 0.775. The Hall–Kier alpha value is -2.88. The topological polar surface area (TPSA) is 106 Å². The molecule has 0 N–H and O–H groups in total. The third kappa shape index (κ3) is 4.04. The number of rotatable bonds is 4. The van der Waals surface area contributed by atoms with E-state index < -0.39 is 0 Å². The van der Waals surface area contributed by atoms with Gasteiger partial charge in [0.15, 0.2) is 5.82 Å². The molecule has 0 aromatic carbocycles. The number of likely N-dealkylation sites (tertiary alicyclic amines) is 1. The Bertz CT molecular complexity index is 912. The van der Waals surface area contributed by atoms with Gasteiger partial charge in [0.1, 0.15) is 18.1 Å². The molecule has 4 heterocycles. The molecule has 2 aliphatic rings. The van der Waals surface area contributed by atoms with Crippen molar-refractivity contribution in [3.05, 3.63) is 35.4 Å². The Balaban J connectivity index is 1.52. The minimum Gasteiger partial charge on any atom is -0.375 e. The van der Waals surface area contributed by atoms with Crippen LogP contribution in [0.25, 0.3) is 0 Å². The number of ether oxygens (including phenoxy) is 1. The highest BCUT2D eigenvalue weighted by molar-refractivity contribution is 5.92. The van der Waals surface area contributed by atoms with Crippen LogP contribution in [-0.4, -0.2) is 79.7 Å². The Morgan fingerprint density at radius 1 is 1.10 bits per heavy atom. The van der Waals surface area contributed by atoms with E-state index in [9.17, 15) is 9.59 Å². The number of hydrogen-bond donors (Lipinski definition) is 0. The van der Waals surface area contributed by atoms with Gasteiger partial charge in [0, 0.05) is 45.9 Å². The van der Waals surface area contributed by atoms with Crippen LogP contribution in [0.4, 0.5) is 0 Å². The molecule has 1 saturated heterocycles. The molecule has 2 aliphatic heterocycles. The molecule has 160 valence electrons. The number of carbonyl (C=O) groups excluding carboxylic acids is 2.